The smallest absolute Gasteiger partial charge is 0.251 e. The van der Waals surface area contributed by atoms with E-state index < -0.39 is 0 Å². The number of nitrogens with one attached hydrogen (secondary N) is 2. The van der Waals surface area contributed by atoms with Gasteiger partial charge in [0.1, 0.15) is 0 Å². The molecule has 2 amide bonds. The maximum Gasteiger partial charge on any atom is 0.251 e. The quantitative estimate of drug-likeness (QED) is 0.842. The fourth-order valence-corrected chi connectivity index (χ4v) is 3.19. The molecule has 6 heteroatoms. The topological polar surface area (TPSA) is 58.2 Å². The van der Waals surface area contributed by atoms with Gasteiger partial charge in [-0.3, -0.25) is 9.59 Å². The van der Waals surface area contributed by atoms with E-state index in [0.717, 1.165) is 31.6 Å². The highest BCUT2D eigenvalue weighted by Gasteiger charge is 2.21. The van der Waals surface area contributed by atoms with Crippen LogP contribution in [0.4, 0.5) is 0 Å². The van der Waals surface area contributed by atoms with E-state index in [9.17, 15) is 9.59 Å². The van der Waals surface area contributed by atoms with E-state index in [4.69, 9.17) is 23.2 Å². The van der Waals surface area contributed by atoms with Crippen molar-refractivity contribution in [1.82, 2.24) is 10.6 Å². The highest BCUT2D eigenvalue weighted by Crippen LogP contribution is 2.26. The lowest BCUT2D eigenvalue weighted by Gasteiger charge is -2.28. The Morgan fingerprint density at radius 1 is 1.13 bits per heavy atom. The van der Waals surface area contributed by atoms with Crippen molar-refractivity contribution >= 4 is 35.0 Å². The molecule has 1 saturated carbocycles. The van der Waals surface area contributed by atoms with Crippen LogP contribution in [-0.4, -0.2) is 24.4 Å². The van der Waals surface area contributed by atoms with E-state index in [0.29, 0.717) is 15.6 Å². The van der Waals surface area contributed by atoms with Crippen LogP contribution in [0.3, 0.4) is 0 Å². The number of halogens is 2. The summed E-state index contributed by atoms with van der Waals surface area (Å²) in [5.41, 5.74) is 0.385. The molecule has 2 N–H and O–H groups in total. The molecule has 0 spiro atoms. The molecule has 0 saturated heterocycles. The Morgan fingerprint density at radius 2 is 1.83 bits per heavy atom. The third kappa shape index (κ3) is 5.40. The molecule has 0 radical (unpaired) electrons. The zero-order valence-electron chi connectivity index (χ0n) is 13.2. The molecule has 1 aromatic carbocycles. The molecule has 0 bridgehead atoms. The number of benzene rings is 1. The lowest BCUT2D eigenvalue weighted by molar-refractivity contribution is -0.121. The van der Waals surface area contributed by atoms with Crippen LogP contribution in [0.2, 0.25) is 10.0 Å². The molecule has 0 atom stereocenters. The number of amides is 2. The lowest BCUT2D eigenvalue weighted by Crippen LogP contribution is -2.43. The van der Waals surface area contributed by atoms with E-state index in [1.165, 1.54) is 12.5 Å². The van der Waals surface area contributed by atoms with Gasteiger partial charge in [-0.2, -0.15) is 0 Å². The van der Waals surface area contributed by atoms with Crippen LogP contribution in [0.25, 0.3) is 0 Å². The van der Waals surface area contributed by atoms with Crippen LogP contribution < -0.4 is 10.6 Å². The van der Waals surface area contributed by atoms with E-state index in [1.54, 1.807) is 12.1 Å². The molecule has 0 aromatic heterocycles. The van der Waals surface area contributed by atoms with Gasteiger partial charge in [0.25, 0.3) is 5.91 Å². The predicted molar refractivity (Wildman–Crippen MR) is 93.0 cm³/mol. The van der Waals surface area contributed by atoms with E-state index >= 15 is 0 Å². The Balaban J connectivity index is 1.75. The number of hydrogen-bond acceptors (Lipinski definition) is 2. The fourth-order valence-electron chi connectivity index (χ4n) is 2.89. The first-order chi connectivity index (χ1) is 11.0. The summed E-state index contributed by atoms with van der Waals surface area (Å²) >= 11 is 11.7. The molecule has 1 aliphatic rings. The van der Waals surface area contributed by atoms with Crippen molar-refractivity contribution < 1.29 is 9.59 Å². The van der Waals surface area contributed by atoms with Gasteiger partial charge in [0.05, 0.1) is 16.6 Å². The van der Waals surface area contributed by atoms with Crippen LogP contribution in [0.1, 0.15) is 49.4 Å². The summed E-state index contributed by atoms with van der Waals surface area (Å²) in [6.07, 6.45) is 5.57. The largest absolute Gasteiger partial charge is 0.352 e. The number of hydrogen-bond donors (Lipinski definition) is 2. The van der Waals surface area contributed by atoms with Gasteiger partial charge >= 0.3 is 0 Å². The van der Waals surface area contributed by atoms with Crippen molar-refractivity contribution in [2.75, 3.05) is 6.54 Å². The van der Waals surface area contributed by atoms with Crippen molar-refractivity contribution in [1.29, 1.82) is 0 Å². The molecule has 0 aliphatic heterocycles. The maximum absolute atomic E-state index is 12.0. The van der Waals surface area contributed by atoms with Crippen LogP contribution in [0.15, 0.2) is 18.2 Å². The fraction of sp³-hybridized carbons (Fsp3) is 0.529. The minimum atomic E-state index is -0.339. The predicted octanol–water partition coefficient (Wildman–Crippen LogP) is 3.81. The molecule has 2 rings (SSSR count). The summed E-state index contributed by atoms with van der Waals surface area (Å²) in [4.78, 5) is 23.9. The third-order valence-electron chi connectivity index (χ3n) is 4.38. The Kier molecular flexibility index (Phi) is 6.72. The lowest BCUT2D eigenvalue weighted by atomic mass is 9.84. The standard InChI is InChI=1S/C17H22Cl2N2O2/c1-2-11-3-6-13(7-4-11)21-16(22)10-20-17(23)12-5-8-14(18)15(19)9-12/h5,8-9,11,13H,2-4,6-7,10H2,1H3,(H,20,23)(H,21,22). The highest BCUT2D eigenvalue weighted by atomic mass is 35.5. The summed E-state index contributed by atoms with van der Waals surface area (Å²) in [5, 5.41) is 6.30. The number of rotatable bonds is 5. The summed E-state index contributed by atoms with van der Waals surface area (Å²) in [6, 6.07) is 4.86. The monoisotopic (exact) mass is 356 g/mol. The minimum absolute atomic E-state index is 0.0349. The second-order valence-corrected chi connectivity index (χ2v) is 6.82. The molecule has 4 nitrogen and oxygen atoms in total. The second kappa shape index (κ2) is 8.55. The molecule has 0 unspecified atom stereocenters. The van der Waals surface area contributed by atoms with Crippen LogP contribution in [-0.2, 0) is 4.79 Å². The number of carbonyl (C=O) groups excluding carboxylic acids is 2. The Hall–Kier alpha value is -1.26. The molecule has 1 aromatic rings. The Morgan fingerprint density at radius 3 is 2.43 bits per heavy atom. The van der Waals surface area contributed by atoms with Gasteiger partial charge in [-0.1, -0.05) is 36.5 Å². The molecule has 0 heterocycles. The van der Waals surface area contributed by atoms with Gasteiger partial charge in [0.2, 0.25) is 5.91 Å². The third-order valence-corrected chi connectivity index (χ3v) is 5.12. The zero-order valence-corrected chi connectivity index (χ0v) is 14.7. The first-order valence-electron chi connectivity index (χ1n) is 8.02. The molecule has 23 heavy (non-hydrogen) atoms. The molecular weight excluding hydrogens is 335 g/mol. The van der Waals surface area contributed by atoms with E-state index in [2.05, 4.69) is 17.6 Å². The average molecular weight is 357 g/mol. The van der Waals surface area contributed by atoms with Crippen LogP contribution >= 0.6 is 23.2 Å². The van der Waals surface area contributed by atoms with Crippen LogP contribution in [0, 0.1) is 5.92 Å². The van der Waals surface area contributed by atoms with Crippen molar-refractivity contribution in [2.24, 2.45) is 5.92 Å². The number of carbonyl (C=O) groups is 2. The van der Waals surface area contributed by atoms with Crippen LogP contribution in [0.5, 0.6) is 0 Å². The first-order valence-corrected chi connectivity index (χ1v) is 8.77. The van der Waals surface area contributed by atoms with E-state index in [-0.39, 0.29) is 24.4 Å². The van der Waals surface area contributed by atoms with Crippen molar-refractivity contribution in [3.63, 3.8) is 0 Å². The molecule has 1 aliphatic carbocycles. The second-order valence-electron chi connectivity index (χ2n) is 6.00. The van der Waals surface area contributed by atoms with E-state index in [1.807, 2.05) is 0 Å². The zero-order chi connectivity index (χ0) is 16.8. The van der Waals surface area contributed by atoms with Crippen molar-refractivity contribution in [2.45, 2.75) is 45.1 Å². The SMILES string of the molecule is CCC1CCC(NC(=O)CNC(=O)c2ccc(Cl)c(Cl)c2)CC1. The summed E-state index contributed by atoms with van der Waals surface area (Å²) < 4.78 is 0. The molecule has 1 fully saturated rings. The summed E-state index contributed by atoms with van der Waals surface area (Å²) in [7, 11) is 0. The van der Waals surface area contributed by atoms with Gasteiger partial charge < -0.3 is 10.6 Å². The molecular formula is C17H22Cl2N2O2. The summed E-state index contributed by atoms with van der Waals surface area (Å²) in [5.74, 6) is 0.296. The van der Waals surface area contributed by atoms with Gasteiger partial charge in [-0.15, -0.1) is 0 Å². The minimum Gasteiger partial charge on any atom is -0.352 e. The highest BCUT2D eigenvalue weighted by molar-refractivity contribution is 6.42. The van der Waals surface area contributed by atoms with Gasteiger partial charge in [-0.05, 0) is 49.8 Å². The first kappa shape index (κ1) is 18.1. The molecule has 126 valence electrons. The van der Waals surface area contributed by atoms with Gasteiger partial charge in [0, 0.05) is 11.6 Å². The Labute approximate surface area is 146 Å². The van der Waals surface area contributed by atoms with Gasteiger partial charge in [0.15, 0.2) is 0 Å². The van der Waals surface area contributed by atoms with Gasteiger partial charge in [-0.25, -0.2) is 0 Å². The Bertz CT molecular complexity index is 570. The van der Waals surface area contributed by atoms with Crippen molar-refractivity contribution in [3.8, 4) is 0 Å². The normalized spacial score (nSPS) is 20.8. The average Bonchev–Trinajstić information content (AvgIpc) is 2.56. The van der Waals surface area contributed by atoms with Crippen molar-refractivity contribution in [3.05, 3.63) is 33.8 Å². The maximum atomic E-state index is 12.0. The summed E-state index contributed by atoms with van der Waals surface area (Å²) in [6.45, 7) is 2.18.